The third-order valence-corrected chi connectivity index (χ3v) is 4.75. The zero-order valence-corrected chi connectivity index (χ0v) is 14.5. The fourth-order valence-corrected chi connectivity index (χ4v) is 3.53. The average Bonchev–Trinajstić information content (AvgIpc) is 2.83. The van der Waals surface area contributed by atoms with Gasteiger partial charge >= 0.3 is 0 Å². The van der Waals surface area contributed by atoms with Gasteiger partial charge in [0.25, 0.3) is 11.7 Å². The molecule has 136 valence electrons. The van der Waals surface area contributed by atoms with Crippen LogP contribution in [0, 0.1) is 11.3 Å². The van der Waals surface area contributed by atoms with Crippen LogP contribution in [-0.2, 0) is 17.8 Å². The molecule has 1 amide bonds. The van der Waals surface area contributed by atoms with Gasteiger partial charge in [0.1, 0.15) is 6.07 Å². The number of amides is 1. The smallest absolute Gasteiger partial charge is 0.296 e. The van der Waals surface area contributed by atoms with Crippen molar-refractivity contribution in [3.63, 3.8) is 0 Å². The lowest BCUT2D eigenvalue weighted by Gasteiger charge is -2.08. The van der Waals surface area contributed by atoms with Crippen LogP contribution in [0.3, 0.4) is 0 Å². The molecule has 0 radical (unpaired) electrons. The monoisotopic (exact) mass is 361 g/mol. The Bertz CT molecular complexity index is 1100. The van der Waals surface area contributed by atoms with Crippen molar-refractivity contribution in [2.75, 3.05) is 18.4 Å². The molecule has 2 N–H and O–H groups in total. The van der Waals surface area contributed by atoms with E-state index in [9.17, 15) is 9.59 Å². The van der Waals surface area contributed by atoms with E-state index in [1.54, 1.807) is 0 Å². The normalized spacial score (nSPS) is 13.4. The first-order valence-corrected chi connectivity index (χ1v) is 8.71. The highest BCUT2D eigenvalue weighted by Crippen LogP contribution is 2.28. The maximum Gasteiger partial charge on any atom is 0.296 e. The first-order chi connectivity index (χ1) is 13.2. The number of carbonyl (C=O) groups is 2. The van der Waals surface area contributed by atoms with E-state index in [-0.39, 0.29) is 12.7 Å². The molecule has 0 saturated heterocycles. The highest BCUT2D eigenvalue weighted by molar-refractivity contribution is 6.48. The van der Waals surface area contributed by atoms with Gasteiger partial charge in [0.05, 0.1) is 16.8 Å². The number of carbonyl (C=O) groups excluding carboxylic acids is 2. The van der Waals surface area contributed by atoms with Gasteiger partial charge in [-0.1, -0.05) is 18.2 Å². The SMILES string of the molecule is N#Cc1cnccc1NC(=O)C(=O)c1c2n(c3ccccc13)CCNCC2.[HH]. The summed E-state index contributed by atoms with van der Waals surface area (Å²) in [6.07, 6.45) is 3.49. The highest BCUT2D eigenvalue weighted by Gasteiger charge is 2.27. The molecule has 1 aliphatic rings. The number of benzene rings is 1. The van der Waals surface area contributed by atoms with Gasteiger partial charge in [0.2, 0.25) is 0 Å². The fraction of sp³-hybridized carbons (Fsp3) is 0.200. The van der Waals surface area contributed by atoms with Crippen LogP contribution in [0.25, 0.3) is 10.9 Å². The second kappa shape index (κ2) is 7.02. The summed E-state index contributed by atoms with van der Waals surface area (Å²) in [7, 11) is 0. The molecule has 0 atom stereocenters. The van der Waals surface area contributed by atoms with E-state index < -0.39 is 11.7 Å². The number of Topliss-reactive ketones (excluding diaryl/α,β-unsaturated/α-hetero) is 1. The van der Waals surface area contributed by atoms with Crippen molar-refractivity contribution in [3.8, 4) is 6.07 Å². The number of anilines is 1. The third kappa shape index (κ3) is 2.96. The molecular weight excluding hydrogens is 342 g/mol. The van der Waals surface area contributed by atoms with Crippen LogP contribution in [0.4, 0.5) is 5.69 Å². The van der Waals surface area contributed by atoms with Gasteiger partial charge < -0.3 is 15.2 Å². The summed E-state index contributed by atoms with van der Waals surface area (Å²) in [5.41, 5.74) is 2.76. The van der Waals surface area contributed by atoms with Gasteiger partial charge in [-0.2, -0.15) is 5.26 Å². The number of rotatable bonds is 3. The molecule has 7 heteroatoms. The van der Waals surface area contributed by atoms with Crippen molar-refractivity contribution >= 4 is 28.3 Å². The van der Waals surface area contributed by atoms with Crippen molar-refractivity contribution in [1.29, 1.82) is 5.26 Å². The lowest BCUT2D eigenvalue weighted by atomic mass is 10.0. The van der Waals surface area contributed by atoms with Crippen LogP contribution in [0.1, 0.15) is 23.0 Å². The summed E-state index contributed by atoms with van der Waals surface area (Å²) in [6.45, 7) is 2.31. The highest BCUT2D eigenvalue weighted by atomic mass is 16.2. The molecule has 3 aromatic rings. The van der Waals surface area contributed by atoms with Gasteiger partial charge in [0, 0.05) is 56.5 Å². The molecular formula is C20H19N5O2. The Kier molecular flexibility index (Phi) is 4.40. The quantitative estimate of drug-likeness (QED) is 0.550. The number of hydrogen-bond acceptors (Lipinski definition) is 5. The molecule has 2 aromatic heterocycles. The first kappa shape index (κ1) is 16.9. The van der Waals surface area contributed by atoms with Crippen LogP contribution in [0.15, 0.2) is 42.7 Å². The Balaban J connectivity index is 0.00000225. The maximum absolute atomic E-state index is 13.1. The van der Waals surface area contributed by atoms with Gasteiger partial charge in [-0.05, 0) is 12.1 Å². The topological polar surface area (TPSA) is 99.8 Å². The third-order valence-electron chi connectivity index (χ3n) is 4.75. The summed E-state index contributed by atoms with van der Waals surface area (Å²) >= 11 is 0. The van der Waals surface area contributed by atoms with Crippen LogP contribution >= 0.6 is 0 Å². The Morgan fingerprint density at radius 2 is 2.11 bits per heavy atom. The number of ketones is 1. The molecule has 0 saturated carbocycles. The zero-order chi connectivity index (χ0) is 18.8. The molecule has 1 aromatic carbocycles. The standard InChI is InChI=1S/C20H17N5O2.H2/c21-11-13-12-23-7-5-15(13)24-20(27)19(26)18-14-3-1-2-4-16(14)25-10-9-22-8-6-17(18)25;/h1-5,7,12,22H,6,8-10H2,(H,23,24,27);1H. The number of nitrogens with one attached hydrogen (secondary N) is 2. The number of nitrogens with zero attached hydrogens (tertiary/aromatic N) is 3. The van der Waals surface area contributed by atoms with Crippen molar-refractivity contribution in [3.05, 3.63) is 59.5 Å². The number of hydrogen-bond donors (Lipinski definition) is 2. The molecule has 0 fully saturated rings. The summed E-state index contributed by atoms with van der Waals surface area (Å²) in [6, 6.07) is 11.1. The fourth-order valence-electron chi connectivity index (χ4n) is 3.53. The first-order valence-electron chi connectivity index (χ1n) is 8.71. The second-order valence-corrected chi connectivity index (χ2v) is 6.31. The number of aromatic nitrogens is 2. The second-order valence-electron chi connectivity index (χ2n) is 6.31. The molecule has 0 aliphatic carbocycles. The van der Waals surface area contributed by atoms with Crippen molar-refractivity contribution in [1.82, 2.24) is 14.9 Å². The predicted octanol–water partition coefficient (Wildman–Crippen LogP) is 2.12. The molecule has 0 spiro atoms. The molecule has 3 heterocycles. The van der Waals surface area contributed by atoms with Crippen molar-refractivity contribution in [2.24, 2.45) is 0 Å². The largest absolute Gasteiger partial charge is 0.343 e. The van der Waals surface area contributed by atoms with Crippen molar-refractivity contribution < 1.29 is 11.0 Å². The van der Waals surface area contributed by atoms with E-state index in [0.29, 0.717) is 12.0 Å². The number of fused-ring (bicyclic) bond motifs is 3. The summed E-state index contributed by atoms with van der Waals surface area (Å²) < 4.78 is 2.11. The summed E-state index contributed by atoms with van der Waals surface area (Å²) in [5.74, 6) is -1.35. The van der Waals surface area contributed by atoms with Crippen LogP contribution in [0.5, 0.6) is 0 Å². The van der Waals surface area contributed by atoms with Gasteiger partial charge in [-0.25, -0.2) is 0 Å². The molecule has 0 unspecified atom stereocenters. The van der Waals surface area contributed by atoms with E-state index in [1.807, 2.05) is 30.3 Å². The number of pyridine rings is 1. The number of nitriles is 1. The Hall–Kier alpha value is -3.50. The molecule has 27 heavy (non-hydrogen) atoms. The van der Waals surface area contributed by atoms with E-state index >= 15 is 0 Å². The summed E-state index contributed by atoms with van der Waals surface area (Å²) in [4.78, 5) is 29.6. The van der Waals surface area contributed by atoms with Crippen LogP contribution in [0.2, 0.25) is 0 Å². The minimum Gasteiger partial charge on any atom is -0.343 e. The zero-order valence-electron chi connectivity index (χ0n) is 14.5. The Morgan fingerprint density at radius 1 is 1.26 bits per heavy atom. The lowest BCUT2D eigenvalue weighted by molar-refractivity contribution is -0.112. The maximum atomic E-state index is 13.1. The van der Waals surface area contributed by atoms with Crippen molar-refractivity contribution in [2.45, 2.75) is 13.0 Å². The van der Waals surface area contributed by atoms with E-state index in [1.165, 1.54) is 18.5 Å². The summed E-state index contributed by atoms with van der Waals surface area (Å²) in [5, 5.41) is 15.8. The molecule has 4 rings (SSSR count). The molecule has 1 aliphatic heterocycles. The Morgan fingerprint density at radius 3 is 2.96 bits per heavy atom. The molecule has 0 bridgehead atoms. The lowest BCUT2D eigenvalue weighted by Crippen LogP contribution is -2.24. The molecule has 7 nitrogen and oxygen atoms in total. The van der Waals surface area contributed by atoms with E-state index in [2.05, 4.69) is 20.2 Å². The van der Waals surface area contributed by atoms with Crippen LogP contribution in [-0.4, -0.2) is 34.3 Å². The van der Waals surface area contributed by atoms with Crippen LogP contribution < -0.4 is 10.6 Å². The van der Waals surface area contributed by atoms with E-state index in [4.69, 9.17) is 5.26 Å². The minimum atomic E-state index is -0.756. The minimum absolute atomic E-state index is 0. The number of para-hydroxylation sites is 1. The van der Waals surface area contributed by atoms with E-state index in [0.717, 1.165) is 36.2 Å². The average molecular weight is 361 g/mol. The predicted molar refractivity (Wildman–Crippen MR) is 103 cm³/mol. The van der Waals surface area contributed by atoms with Gasteiger partial charge in [-0.3, -0.25) is 14.6 Å². The van der Waals surface area contributed by atoms with Gasteiger partial charge in [0.15, 0.2) is 0 Å². The Labute approximate surface area is 157 Å². The van der Waals surface area contributed by atoms with Gasteiger partial charge in [-0.15, -0.1) is 0 Å².